The van der Waals surface area contributed by atoms with Crippen molar-refractivity contribution in [2.75, 3.05) is 13.1 Å². The molecule has 0 aliphatic carbocycles. The van der Waals surface area contributed by atoms with Gasteiger partial charge in [0.2, 0.25) is 5.91 Å². The molecule has 0 aromatic rings. The van der Waals surface area contributed by atoms with E-state index in [1.165, 1.54) is 6.92 Å². The van der Waals surface area contributed by atoms with Crippen LogP contribution in [0.3, 0.4) is 0 Å². The molecular weight excluding hydrogens is 152 g/mol. The van der Waals surface area contributed by atoms with Gasteiger partial charge in [-0.15, -0.1) is 6.58 Å². The molecule has 0 aliphatic rings. The van der Waals surface area contributed by atoms with Crippen LogP contribution in [0, 0.1) is 11.3 Å². The number of hydrogen-bond acceptors (Lipinski definition) is 2. The second-order valence-electron chi connectivity index (χ2n) is 2.52. The SMILES string of the molecule is C=CCN(CCCC#N)C(C)=O. The third kappa shape index (κ3) is 4.51. The normalized spacial score (nSPS) is 8.67. The Balaban J connectivity index is 3.72. The van der Waals surface area contributed by atoms with Gasteiger partial charge in [0.15, 0.2) is 0 Å². The average Bonchev–Trinajstić information content (AvgIpc) is 2.03. The average molecular weight is 166 g/mol. The summed E-state index contributed by atoms with van der Waals surface area (Å²) < 4.78 is 0. The summed E-state index contributed by atoms with van der Waals surface area (Å²) >= 11 is 0. The molecule has 0 atom stereocenters. The summed E-state index contributed by atoms with van der Waals surface area (Å²) in [5.41, 5.74) is 0. The van der Waals surface area contributed by atoms with Gasteiger partial charge < -0.3 is 4.90 Å². The summed E-state index contributed by atoms with van der Waals surface area (Å²) in [7, 11) is 0. The van der Waals surface area contributed by atoms with Gasteiger partial charge in [0.25, 0.3) is 0 Å². The van der Waals surface area contributed by atoms with Gasteiger partial charge in [0.05, 0.1) is 6.07 Å². The molecule has 0 unspecified atom stereocenters. The van der Waals surface area contributed by atoms with Gasteiger partial charge in [-0.1, -0.05) is 6.08 Å². The molecule has 0 saturated heterocycles. The van der Waals surface area contributed by atoms with Crippen molar-refractivity contribution in [1.29, 1.82) is 5.26 Å². The van der Waals surface area contributed by atoms with Gasteiger partial charge >= 0.3 is 0 Å². The minimum absolute atomic E-state index is 0.0350. The zero-order chi connectivity index (χ0) is 9.40. The summed E-state index contributed by atoms with van der Waals surface area (Å²) in [6.45, 7) is 6.29. The molecule has 0 aliphatic heterocycles. The Bertz CT molecular complexity index is 193. The molecule has 12 heavy (non-hydrogen) atoms. The summed E-state index contributed by atoms with van der Waals surface area (Å²) in [6, 6.07) is 2.04. The van der Waals surface area contributed by atoms with E-state index in [0.717, 1.165) is 6.42 Å². The van der Waals surface area contributed by atoms with Crippen molar-refractivity contribution < 1.29 is 4.79 Å². The van der Waals surface area contributed by atoms with Gasteiger partial charge in [0.1, 0.15) is 0 Å². The van der Waals surface area contributed by atoms with Gasteiger partial charge in [0, 0.05) is 26.4 Å². The van der Waals surface area contributed by atoms with Crippen LogP contribution in [0.4, 0.5) is 0 Å². The molecule has 0 rings (SSSR count). The number of carbonyl (C=O) groups excluding carboxylic acids is 1. The Hall–Kier alpha value is -1.30. The summed E-state index contributed by atoms with van der Waals surface area (Å²) in [4.78, 5) is 12.6. The highest BCUT2D eigenvalue weighted by atomic mass is 16.2. The first-order chi connectivity index (χ1) is 5.72. The molecule has 0 N–H and O–H groups in total. The highest BCUT2D eigenvalue weighted by Crippen LogP contribution is 1.95. The van der Waals surface area contributed by atoms with Gasteiger partial charge in [-0.2, -0.15) is 5.26 Å². The van der Waals surface area contributed by atoms with Crippen molar-refractivity contribution in [3.8, 4) is 6.07 Å². The fraction of sp³-hybridized carbons (Fsp3) is 0.556. The molecule has 0 aromatic heterocycles. The maximum Gasteiger partial charge on any atom is 0.219 e. The van der Waals surface area contributed by atoms with E-state index in [1.807, 2.05) is 6.07 Å². The second-order valence-corrected chi connectivity index (χ2v) is 2.52. The fourth-order valence-corrected chi connectivity index (χ4v) is 0.882. The maximum absolute atomic E-state index is 10.9. The lowest BCUT2D eigenvalue weighted by molar-refractivity contribution is -0.128. The number of amides is 1. The topological polar surface area (TPSA) is 44.1 Å². The largest absolute Gasteiger partial charge is 0.339 e. The second kappa shape index (κ2) is 6.41. The van der Waals surface area contributed by atoms with Crippen LogP contribution in [0.25, 0.3) is 0 Å². The van der Waals surface area contributed by atoms with Gasteiger partial charge in [-0.05, 0) is 6.42 Å². The van der Waals surface area contributed by atoms with Gasteiger partial charge in [-0.25, -0.2) is 0 Å². The van der Waals surface area contributed by atoms with E-state index >= 15 is 0 Å². The molecule has 3 nitrogen and oxygen atoms in total. The smallest absolute Gasteiger partial charge is 0.219 e. The minimum Gasteiger partial charge on any atom is -0.339 e. The number of unbranched alkanes of at least 4 members (excludes halogenated alkanes) is 1. The van der Waals surface area contributed by atoms with Crippen molar-refractivity contribution in [2.45, 2.75) is 19.8 Å². The number of hydrogen-bond donors (Lipinski definition) is 0. The summed E-state index contributed by atoms with van der Waals surface area (Å²) in [6.07, 6.45) is 2.93. The molecule has 0 saturated carbocycles. The predicted molar refractivity (Wildman–Crippen MR) is 47.3 cm³/mol. The van der Waals surface area contributed by atoms with E-state index in [9.17, 15) is 4.79 Å². The molecule has 0 spiro atoms. The van der Waals surface area contributed by atoms with E-state index in [0.29, 0.717) is 19.5 Å². The van der Waals surface area contributed by atoms with Crippen molar-refractivity contribution in [2.24, 2.45) is 0 Å². The molecule has 1 amide bonds. The highest BCUT2D eigenvalue weighted by Gasteiger charge is 2.04. The van der Waals surface area contributed by atoms with Crippen molar-refractivity contribution >= 4 is 5.91 Å². The molecular formula is C9H14N2O. The first kappa shape index (κ1) is 10.7. The van der Waals surface area contributed by atoms with Crippen LogP contribution in [0.15, 0.2) is 12.7 Å². The van der Waals surface area contributed by atoms with E-state index in [1.54, 1.807) is 11.0 Å². The molecule has 3 heteroatoms. The van der Waals surface area contributed by atoms with E-state index < -0.39 is 0 Å². The maximum atomic E-state index is 10.9. The Morgan fingerprint density at radius 2 is 2.42 bits per heavy atom. The van der Waals surface area contributed by atoms with E-state index in [2.05, 4.69) is 6.58 Å². The summed E-state index contributed by atoms with van der Waals surface area (Å²) in [5.74, 6) is 0.0350. The lowest BCUT2D eigenvalue weighted by atomic mass is 10.3. The van der Waals surface area contributed by atoms with Crippen LogP contribution in [-0.2, 0) is 4.79 Å². The number of rotatable bonds is 5. The monoisotopic (exact) mass is 166 g/mol. The molecule has 0 fully saturated rings. The van der Waals surface area contributed by atoms with Crippen LogP contribution in [0.2, 0.25) is 0 Å². The van der Waals surface area contributed by atoms with Crippen LogP contribution in [-0.4, -0.2) is 23.9 Å². The Morgan fingerprint density at radius 1 is 1.75 bits per heavy atom. The minimum atomic E-state index is 0.0350. The first-order valence-electron chi connectivity index (χ1n) is 3.95. The number of nitriles is 1. The molecule has 0 aromatic carbocycles. The van der Waals surface area contributed by atoms with Crippen LogP contribution in [0.5, 0.6) is 0 Å². The lowest BCUT2D eigenvalue weighted by Crippen LogP contribution is -2.29. The third-order valence-corrected chi connectivity index (χ3v) is 1.51. The number of carbonyl (C=O) groups is 1. The Kier molecular flexibility index (Phi) is 5.72. The molecule has 66 valence electrons. The fourth-order valence-electron chi connectivity index (χ4n) is 0.882. The zero-order valence-corrected chi connectivity index (χ0v) is 7.42. The molecule has 0 heterocycles. The summed E-state index contributed by atoms with van der Waals surface area (Å²) in [5, 5.41) is 8.27. The van der Waals surface area contributed by atoms with Gasteiger partial charge in [-0.3, -0.25) is 4.79 Å². The third-order valence-electron chi connectivity index (χ3n) is 1.51. The Labute approximate surface area is 73.3 Å². The Morgan fingerprint density at radius 3 is 2.83 bits per heavy atom. The zero-order valence-electron chi connectivity index (χ0n) is 7.42. The molecule has 0 radical (unpaired) electrons. The van der Waals surface area contributed by atoms with Crippen molar-refractivity contribution in [1.82, 2.24) is 4.90 Å². The van der Waals surface area contributed by atoms with Crippen molar-refractivity contribution in [3.63, 3.8) is 0 Å². The lowest BCUT2D eigenvalue weighted by Gasteiger charge is -2.17. The van der Waals surface area contributed by atoms with Crippen LogP contribution < -0.4 is 0 Å². The van der Waals surface area contributed by atoms with E-state index in [4.69, 9.17) is 5.26 Å². The van der Waals surface area contributed by atoms with E-state index in [-0.39, 0.29) is 5.91 Å². The first-order valence-corrected chi connectivity index (χ1v) is 3.95. The van der Waals surface area contributed by atoms with Crippen LogP contribution in [0.1, 0.15) is 19.8 Å². The highest BCUT2D eigenvalue weighted by molar-refractivity contribution is 5.73. The number of nitrogens with zero attached hydrogens (tertiary/aromatic N) is 2. The molecule has 0 bridgehead atoms. The standard InChI is InChI=1S/C9H14N2O/c1-3-7-11(9(2)12)8-5-4-6-10/h3H,1,4-5,7-8H2,2H3. The predicted octanol–water partition coefficient (Wildman–Crippen LogP) is 1.32. The van der Waals surface area contributed by atoms with Crippen molar-refractivity contribution in [3.05, 3.63) is 12.7 Å². The quantitative estimate of drug-likeness (QED) is 0.456. The van der Waals surface area contributed by atoms with Crippen LogP contribution >= 0.6 is 0 Å².